The van der Waals surface area contributed by atoms with Crippen LogP contribution in [0.5, 0.6) is 0 Å². The topological polar surface area (TPSA) is 69.0 Å². The molecule has 26 heavy (non-hydrogen) atoms. The van der Waals surface area contributed by atoms with Gasteiger partial charge in [0.05, 0.1) is 10.6 Å². The summed E-state index contributed by atoms with van der Waals surface area (Å²) in [6.45, 7) is 2.10. The Kier molecular flexibility index (Phi) is 5.01. The summed E-state index contributed by atoms with van der Waals surface area (Å²) in [5.41, 5.74) is -2.92. The molecule has 0 amide bonds. The van der Waals surface area contributed by atoms with Crippen molar-refractivity contribution in [2.45, 2.75) is 38.8 Å². The molecule has 0 radical (unpaired) electrons. The van der Waals surface area contributed by atoms with E-state index < -0.39 is 22.9 Å². The first kappa shape index (κ1) is 18.4. The molecule has 0 spiro atoms. The Bertz CT molecular complexity index is 926. The third-order valence-electron chi connectivity index (χ3n) is 4.47. The number of rotatable bonds is 2. The highest BCUT2D eigenvalue weighted by Crippen LogP contribution is 2.43. The standard InChI is InChI=1S/C18H16F3N3OS/c1-10-4-6-11(7-5-10)23-16-14(18(19,20)21)12(9-22)17(25)24-15(16)13-3-2-8-26-13/h2-3,8,10H,4-7H2,1H3,(H,24,25). The molecule has 2 aromatic rings. The summed E-state index contributed by atoms with van der Waals surface area (Å²) in [5.74, 6) is 0.512. The van der Waals surface area contributed by atoms with E-state index in [0.29, 0.717) is 29.3 Å². The lowest BCUT2D eigenvalue weighted by Crippen LogP contribution is -2.21. The first-order valence-electron chi connectivity index (χ1n) is 8.19. The number of hydrogen-bond donors (Lipinski definition) is 1. The Balaban J connectivity index is 2.30. The fourth-order valence-electron chi connectivity index (χ4n) is 3.05. The molecule has 2 aromatic heterocycles. The summed E-state index contributed by atoms with van der Waals surface area (Å²) in [7, 11) is 0. The zero-order chi connectivity index (χ0) is 18.9. The van der Waals surface area contributed by atoms with Crippen LogP contribution in [0.25, 0.3) is 10.6 Å². The van der Waals surface area contributed by atoms with Crippen molar-refractivity contribution in [3.8, 4) is 16.6 Å². The van der Waals surface area contributed by atoms with Gasteiger partial charge >= 0.3 is 6.18 Å². The molecule has 8 heteroatoms. The Morgan fingerprint density at radius 3 is 2.58 bits per heavy atom. The van der Waals surface area contributed by atoms with Crippen molar-refractivity contribution in [2.24, 2.45) is 10.9 Å². The van der Waals surface area contributed by atoms with Gasteiger partial charge in [-0.15, -0.1) is 11.3 Å². The second kappa shape index (κ2) is 7.08. The second-order valence-corrected chi connectivity index (χ2v) is 7.32. The quantitative estimate of drug-likeness (QED) is 0.772. The summed E-state index contributed by atoms with van der Waals surface area (Å²) < 4.78 is 41.2. The van der Waals surface area contributed by atoms with Crippen LogP contribution < -0.4 is 5.56 Å². The number of aromatic nitrogens is 1. The lowest BCUT2D eigenvalue weighted by molar-refractivity contribution is -0.137. The van der Waals surface area contributed by atoms with Crippen molar-refractivity contribution < 1.29 is 13.2 Å². The molecule has 2 heterocycles. The third-order valence-corrected chi connectivity index (χ3v) is 5.36. The van der Waals surface area contributed by atoms with E-state index >= 15 is 0 Å². The molecule has 4 nitrogen and oxygen atoms in total. The van der Waals surface area contributed by atoms with Crippen LogP contribution in [0.15, 0.2) is 27.3 Å². The molecule has 1 saturated carbocycles. The predicted molar refractivity (Wildman–Crippen MR) is 94.8 cm³/mol. The molecule has 0 atom stereocenters. The summed E-state index contributed by atoms with van der Waals surface area (Å²) >= 11 is 1.20. The van der Waals surface area contributed by atoms with Gasteiger partial charge in [0.2, 0.25) is 0 Å². The van der Waals surface area contributed by atoms with Crippen LogP contribution in [0.3, 0.4) is 0 Å². The van der Waals surface area contributed by atoms with Crippen molar-refractivity contribution in [1.29, 1.82) is 5.26 Å². The summed E-state index contributed by atoms with van der Waals surface area (Å²) in [5, 5.41) is 10.8. The van der Waals surface area contributed by atoms with Crippen molar-refractivity contribution >= 4 is 22.7 Å². The second-order valence-electron chi connectivity index (χ2n) is 6.38. The maximum absolute atomic E-state index is 13.7. The summed E-state index contributed by atoms with van der Waals surface area (Å²) in [4.78, 5) is 19.3. The molecule has 1 aliphatic carbocycles. The fourth-order valence-corrected chi connectivity index (χ4v) is 3.78. The number of halogens is 3. The maximum atomic E-state index is 13.7. The molecule has 0 aliphatic heterocycles. The molecule has 0 saturated heterocycles. The first-order valence-corrected chi connectivity index (χ1v) is 9.07. The van der Waals surface area contributed by atoms with Crippen LogP contribution in [0.2, 0.25) is 0 Å². The highest BCUT2D eigenvalue weighted by atomic mass is 32.1. The van der Waals surface area contributed by atoms with E-state index in [9.17, 15) is 18.0 Å². The van der Waals surface area contributed by atoms with E-state index in [4.69, 9.17) is 5.26 Å². The third kappa shape index (κ3) is 3.58. The van der Waals surface area contributed by atoms with Gasteiger partial charge < -0.3 is 4.98 Å². The number of thiophene rings is 1. The molecule has 136 valence electrons. The average molecular weight is 379 g/mol. The predicted octanol–water partition coefficient (Wildman–Crippen LogP) is 5.28. The van der Waals surface area contributed by atoms with E-state index in [1.54, 1.807) is 17.5 Å². The first-order chi connectivity index (χ1) is 12.3. The largest absolute Gasteiger partial charge is 0.420 e. The van der Waals surface area contributed by atoms with E-state index in [1.165, 1.54) is 17.4 Å². The van der Waals surface area contributed by atoms with Crippen LogP contribution in [0.4, 0.5) is 18.9 Å². The molecular weight excluding hydrogens is 363 g/mol. The maximum Gasteiger partial charge on any atom is 0.420 e. The lowest BCUT2D eigenvalue weighted by atomic mass is 9.89. The minimum atomic E-state index is -4.85. The fraction of sp³-hybridized carbons (Fsp3) is 0.389. The molecule has 3 rings (SSSR count). The number of aliphatic imine (C=N–C) groups is 1. The van der Waals surface area contributed by atoms with Gasteiger partial charge in [0.15, 0.2) is 0 Å². The minimum Gasteiger partial charge on any atom is -0.318 e. The van der Waals surface area contributed by atoms with Gasteiger partial charge in [-0.1, -0.05) is 13.0 Å². The van der Waals surface area contributed by atoms with Crippen molar-refractivity contribution in [1.82, 2.24) is 4.98 Å². The highest BCUT2D eigenvalue weighted by molar-refractivity contribution is 7.13. The van der Waals surface area contributed by atoms with Gasteiger partial charge in [-0.2, -0.15) is 18.4 Å². The Morgan fingerprint density at radius 1 is 1.35 bits per heavy atom. The number of nitriles is 1. The van der Waals surface area contributed by atoms with Crippen molar-refractivity contribution in [3.05, 3.63) is 39.0 Å². The number of nitrogens with one attached hydrogen (secondary N) is 1. The van der Waals surface area contributed by atoms with Gasteiger partial charge in [0, 0.05) is 5.71 Å². The van der Waals surface area contributed by atoms with Crippen molar-refractivity contribution in [2.75, 3.05) is 0 Å². The van der Waals surface area contributed by atoms with Gasteiger partial charge in [-0.05, 0) is 43.0 Å². The number of hydrogen-bond acceptors (Lipinski definition) is 4. The Labute approximate surface area is 152 Å². The number of aromatic amines is 1. The monoisotopic (exact) mass is 379 g/mol. The molecule has 1 N–H and O–H groups in total. The van der Waals surface area contributed by atoms with E-state index in [1.807, 2.05) is 0 Å². The zero-order valence-electron chi connectivity index (χ0n) is 14.0. The molecule has 0 unspecified atom stereocenters. The van der Waals surface area contributed by atoms with Crippen LogP contribution in [0, 0.1) is 17.2 Å². The number of H-pyrrole nitrogens is 1. The summed E-state index contributed by atoms with van der Waals surface area (Å²) in [6, 6.07) is 4.70. The number of pyridine rings is 1. The normalized spacial score (nSPS) is 17.8. The minimum absolute atomic E-state index is 0.0162. The molecular formula is C18H16F3N3OS. The average Bonchev–Trinajstić information content (AvgIpc) is 3.11. The zero-order valence-corrected chi connectivity index (χ0v) is 14.8. The lowest BCUT2D eigenvalue weighted by Gasteiger charge is -2.21. The van der Waals surface area contributed by atoms with Crippen molar-refractivity contribution in [3.63, 3.8) is 0 Å². The van der Waals surface area contributed by atoms with Gasteiger partial charge in [-0.25, -0.2) is 0 Å². The van der Waals surface area contributed by atoms with E-state index in [-0.39, 0.29) is 11.4 Å². The Hall–Kier alpha value is -2.40. The number of alkyl halides is 3. The van der Waals surface area contributed by atoms with Crippen LogP contribution in [0.1, 0.15) is 43.7 Å². The van der Waals surface area contributed by atoms with Gasteiger partial charge in [0.25, 0.3) is 5.56 Å². The van der Waals surface area contributed by atoms with E-state index in [2.05, 4.69) is 16.9 Å². The molecule has 1 aliphatic rings. The highest BCUT2D eigenvalue weighted by Gasteiger charge is 2.40. The SMILES string of the molecule is CC1CCC(=Nc2c(-c3cccs3)[nH]c(=O)c(C#N)c2C(F)(F)F)CC1. The van der Waals surface area contributed by atoms with Crippen LogP contribution in [-0.4, -0.2) is 10.7 Å². The smallest absolute Gasteiger partial charge is 0.318 e. The van der Waals surface area contributed by atoms with Crippen LogP contribution >= 0.6 is 11.3 Å². The summed E-state index contributed by atoms with van der Waals surface area (Å²) in [6.07, 6.45) is -1.90. The van der Waals surface area contributed by atoms with E-state index in [0.717, 1.165) is 12.8 Å². The molecule has 0 aromatic carbocycles. The number of nitrogens with zero attached hydrogens (tertiary/aromatic N) is 2. The Morgan fingerprint density at radius 2 is 2.04 bits per heavy atom. The van der Waals surface area contributed by atoms with Gasteiger partial charge in [-0.3, -0.25) is 9.79 Å². The van der Waals surface area contributed by atoms with Crippen LogP contribution in [-0.2, 0) is 6.18 Å². The molecule has 0 bridgehead atoms. The van der Waals surface area contributed by atoms with Gasteiger partial charge in [0.1, 0.15) is 22.9 Å². The molecule has 1 fully saturated rings.